The van der Waals surface area contributed by atoms with Crippen molar-refractivity contribution >= 4 is 23.4 Å². The molecule has 1 amide bonds. The van der Waals surface area contributed by atoms with E-state index in [1.54, 1.807) is 42.6 Å². The fraction of sp³-hybridized carbons (Fsp3) is 0.118. The zero-order valence-electron chi connectivity index (χ0n) is 12.6. The summed E-state index contributed by atoms with van der Waals surface area (Å²) in [6.07, 6.45) is 0.737. The molecule has 0 saturated carbocycles. The standard InChI is InChI=1S/C17H11N3O4/c1-9(21)23-11-5-2-4-10(8-11)15-19-13-12-6-3-7-18-17(12)24-14(13)16(22)20-15/h2-8,14H,1H3. The monoisotopic (exact) mass is 321 g/mol. The Morgan fingerprint density at radius 1 is 1.21 bits per heavy atom. The van der Waals surface area contributed by atoms with Gasteiger partial charge in [0.1, 0.15) is 11.5 Å². The average molecular weight is 321 g/mol. The van der Waals surface area contributed by atoms with Crippen molar-refractivity contribution < 1.29 is 19.1 Å². The van der Waals surface area contributed by atoms with Gasteiger partial charge in [0.2, 0.25) is 12.0 Å². The molecule has 1 unspecified atom stereocenters. The van der Waals surface area contributed by atoms with E-state index in [-0.39, 0.29) is 5.84 Å². The summed E-state index contributed by atoms with van der Waals surface area (Å²) >= 11 is 0. The lowest BCUT2D eigenvalue weighted by Gasteiger charge is -2.14. The van der Waals surface area contributed by atoms with E-state index in [0.29, 0.717) is 28.5 Å². The summed E-state index contributed by atoms with van der Waals surface area (Å²) in [7, 11) is 0. The predicted octanol–water partition coefficient (Wildman–Crippen LogP) is 1.54. The van der Waals surface area contributed by atoms with Gasteiger partial charge in [0.25, 0.3) is 5.91 Å². The van der Waals surface area contributed by atoms with Gasteiger partial charge in [-0.1, -0.05) is 12.1 Å². The highest BCUT2D eigenvalue weighted by atomic mass is 16.5. The zero-order valence-corrected chi connectivity index (χ0v) is 12.6. The molecule has 118 valence electrons. The normalized spacial score (nSPS) is 18.0. The number of benzene rings is 1. The number of pyridine rings is 1. The molecular weight excluding hydrogens is 310 g/mol. The topological polar surface area (TPSA) is 90.2 Å². The Morgan fingerprint density at radius 2 is 2.08 bits per heavy atom. The van der Waals surface area contributed by atoms with Gasteiger partial charge in [-0.15, -0.1) is 0 Å². The Bertz CT molecular complexity index is 933. The summed E-state index contributed by atoms with van der Waals surface area (Å²) in [5, 5.41) is 0. The second-order valence-electron chi connectivity index (χ2n) is 5.25. The highest BCUT2D eigenvalue weighted by Crippen LogP contribution is 2.30. The molecule has 1 aromatic carbocycles. The number of hydrogen-bond acceptors (Lipinski definition) is 6. The van der Waals surface area contributed by atoms with Gasteiger partial charge in [0.05, 0.1) is 5.56 Å². The van der Waals surface area contributed by atoms with Crippen LogP contribution in [0.5, 0.6) is 11.6 Å². The van der Waals surface area contributed by atoms with Crippen LogP contribution in [-0.2, 0) is 9.59 Å². The minimum Gasteiger partial charge on any atom is -0.457 e. The summed E-state index contributed by atoms with van der Waals surface area (Å²) in [5.74, 6) is 0.123. The first kappa shape index (κ1) is 14.3. The summed E-state index contributed by atoms with van der Waals surface area (Å²) in [6.45, 7) is 1.32. The Kier molecular flexibility index (Phi) is 3.19. The number of rotatable bonds is 2. The van der Waals surface area contributed by atoms with E-state index >= 15 is 0 Å². The van der Waals surface area contributed by atoms with Crippen LogP contribution < -0.4 is 9.47 Å². The van der Waals surface area contributed by atoms with Gasteiger partial charge in [-0.3, -0.25) is 9.59 Å². The van der Waals surface area contributed by atoms with Crippen molar-refractivity contribution in [2.24, 2.45) is 9.98 Å². The molecule has 0 bridgehead atoms. The molecule has 24 heavy (non-hydrogen) atoms. The minimum absolute atomic E-state index is 0.251. The third-order valence-electron chi connectivity index (χ3n) is 3.55. The van der Waals surface area contributed by atoms with Crippen LogP contribution in [0.15, 0.2) is 52.6 Å². The van der Waals surface area contributed by atoms with Crippen LogP contribution in [0.25, 0.3) is 0 Å². The van der Waals surface area contributed by atoms with E-state index in [4.69, 9.17) is 9.47 Å². The Labute approximate surface area is 136 Å². The second kappa shape index (κ2) is 5.38. The predicted molar refractivity (Wildman–Crippen MR) is 84.5 cm³/mol. The lowest BCUT2D eigenvalue weighted by molar-refractivity contribution is -0.131. The molecular formula is C17H11N3O4. The minimum atomic E-state index is -0.852. The molecule has 1 atom stereocenters. The van der Waals surface area contributed by atoms with Crippen LogP contribution in [0, 0.1) is 0 Å². The van der Waals surface area contributed by atoms with Crippen LogP contribution in [0.1, 0.15) is 18.1 Å². The first-order chi connectivity index (χ1) is 11.6. The van der Waals surface area contributed by atoms with E-state index in [1.165, 1.54) is 6.92 Å². The van der Waals surface area contributed by atoms with Crippen molar-refractivity contribution in [2.75, 3.05) is 0 Å². The first-order valence-electron chi connectivity index (χ1n) is 7.24. The molecule has 2 aromatic rings. The van der Waals surface area contributed by atoms with Gasteiger partial charge in [0.15, 0.2) is 5.84 Å². The van der Waals surface area contributed by atoms with Crippen molar-refractivity contribution in [3.63, 3.8) is 0 Å². The van der Waals surface area contributed by atoms with Gasteiger partial charge in [-0.05, 0) is 24.3 Å². The number of amides is 1. The molecule has 1 aromatic heterocycles. The van der Waals surface area contributed by atoms with Crippen LogP contribution in [-0.4, -0.2) is 34.5 Å². The third kappa shape index (κ3) is 2.36. The smallest absolute Gasteiger partial charge is 0.308 e. The Hall–Kier alpha value is -3.35. The molecule has 0 aliphatic carbocycles. The molecule has 2 aliphatic rings. The number of ether oxygens (including phenoxy) is 2. The molecule has 0 N–H and O–H groups in total. The van der Waals surface area contributed by atoms with Gasteiger partial charge in [-0.25, -0.2) is 9.98 Å². The van der Waals surface area contributed by atoms with Crippen molar-refractivity contribution in [3.05, 3.63) is 53.7 Å². The summed E-state index contributed by atoms with van der Waals surface area (Å²) in [4.78, 5) is 35.9. The maximum absolute atomic E-state index is 12.3. The van der Waals surface area contributed by atoms with Gasteiger partial charge in [0, 0.05) is 18.7 Å². The third-order valence-corrected chi connectivity index (χ3v) is 3.55. The lowest BCUT2D eigenvalue weighted by Crippen LogP contribution is -2.34. The van der Waals surface area contributed by atoms with Crippen LogP contribution in [0.3, 0.4) is 0 Å². The second-order valence-corrected chi connectivity index (χ2v) is 5.25. The molecule has 4 rings (SSSR count). The Balaban J connectivity index is 1.75. The van der Waals surface area contributed by atoms with E-state index in [0.717, 1.165) is 0 Å². The zero-order chi connectivity index (χ0) is 16.7. The number of amidine groups is 1. The molecule has 0 saturated heterocycles. The summed E-state index contributed by atoms with van der Waals surface area (Å²) in [6, 6.07) is 10.2. The number of carbonyl (C=O) groups is 2. The number of esters is 1. The van der Waals surface area contributed by atoms with Crippen molar-refractivity contribution in [2.45, 2.75) is 13.0 Å². The summed E-state index contributed by atoms with van der Waals surface area (Å²) in [5.41, 5.74) is 1.75. The molecule has 0 fully saturated rings. The van der Waals surface area contributed by atoms with Crippen LogP contribution in [0.4, 0.5) is 0 Å². The molecule has 7 nitrogen and oxygen atoms in total. The fourth-order valence-electron chi connectivity index (χ4n) is 2.57. The summed E-state index contributed by atoms with van der Waals surface area (Å²) < 4.78 is 10.6. The van der Waals surface area contributed by atoms with Crippen LogP contribution >= 0.6 is 0 Å². The lowest BCUT2D eigenvalue weighted by atomic mass is 10.1. The number of nitrogens with zero attached hydrogens (tertiary/aromatic N) is 3. The van der Waals surface area contributed by atoms with Gasteiger partial charge < -0.3 is 9.47 Å². The molecule has 2 aliphatic heterocycles. The highest BCUT2D eigenvalue weighted by Gasteiger charge is 2.39. The van der Waals surface area contributed by atoms with Gasteiger partial charge in [-0.2, -0.15) is 4.99 Å². The largest absolute Gasteiger partial charge is 0.457 e. The van der Waals surface area contributed by atoms with E-state index < -0.39 is 18.0 Å². The highest BCUT2D eigenvalue weighted by molar-refractivity contribution is 6.28. The molecule has 7 heteroatoms. The van der Waals surface area contributed by atoms with E-state index in [1.807, 2.05) is 0 Å². The molecule has 3 heterocycles. The van der Waals surface area contributed by atoms with Crippen LogP contribution in [0.2, 0.25) is 0 Å². The van der Waals surface area contributed by atoms with E-state index in [2.05, 4.69) is 15.0 Å². The maximum atomic E-state index is 12.3. The molecule has 0 spiro atoms. The number of hydrogen-bond donors (Lipinski definition) is 0. The van der Waals surface area contributed by atoms with Crippen molar-refractivity contribution in [1.29, 1.82) is 0 Å². The Morgan fingerprint density at radius 3 is 2.92 bits per heavy atom. The van der Waals surface area contributed by atoms with Crippen molar-refractivity contribution in [3.8, 4) is 11.6 Å². The molecule has 0 radical (unpaired) electrons. The first-order valence-corrected chi connectivity index (χ1v) is 7.24. The number of aromatic nitrogens is 1. The number of aliphatic imine (C=N–C) groups is 2. The average Bonchev–Trinajstić information content (AvgIpc) is 2.94. The quantitative estimate of drug-likeness (QED) is 0.618. The van der Waals surface area contributed by atoms with Crippen molar-refractivity contribution in [1.82, 2.24) is 4.98 Å². The number of fused-ring (bicyclic) bond motifs is 3. The van der Waals surface area contributed by atoms with E-state index in [9.17, 15) is 9.59 Å². The fourth-order valence-corrected chi connectivity index (χ4v) is 2.57. The SMILES string of the molecule is CC(=O)Oc1cccc(C2=NC(=O)C3Oc4ncccc4C3=N2)c1. The maximum Gasteiger partial charge on any atom is 0.308 e. The van der Waals surface area contributed by atoms with Gasteiger partial charge >= 0.3 is 5.97 Å². The number of carbonyl (C=O) groups excluding carboxylic acids is 2.